The number of aromatic amines is 1. The second kappa shape index (κ2) is 4.72. The zero-order valence-electron chi connectivity index (χ0n) is 10.9. The first-order valence-corrected chi connectivity index (χ1v) is 6.48. The molecule has 3 aromatic rings. The molecule has 0 atom stereocenters. The molecule has 0 aliphatic heterocycles. The van der Waals surface area contributed by atoms with Gasteiger partial charge in [-0.1, -0.05) is 37.6 Å². The number of nitrogens with zero attached hydrogens (tertiary/aromatic N) is 2. The second-order valence-electron chi connectivity index (χ2n) is 4.59. The lowest BCUT2D eigenvalue weighted by molar-refractivity contribution is 0.927. The van der Waals surface area contributed by atoms with Crippen molar-refractivity contribution in [3.63, 3.8) is 0 Å². The number of para-hydroxylation sites is 1. The Labute approximate surface area is 111 Å². The highest BCUT2D eigenvalue weighted by atomic mass is 15.2. The number of hydrogen-bond donors (Lipinski definition) is 2. The summed E-state index contributed by atoms with van der Waals surface area (Å²) in [5.41, 5.74) is 10.1. The van der Waals surface area contributed by atoms with Gasteiger partial charge >= 0.3 is 0 Å². The number of nitrogens with one attached hydrogen (secondary N) is 1. The van der Waals surface area contributed by atoms with Crippen molar-refractivity contribution in [2.24, 2.45) is 0 Å². The van der Waals surface area contributed by atoms with Crippen molar-refractivity contribution in [3.05, 3.63) is 42.1 Å². The van der Waals surface area contributed by atoms with Gasteiger partial charge in [-0.2, -0.15) is 5.10 Å². The molecule has 0 aliphatic rings. The van der Waals surface area contributed by atoms with E-state index in [-0.39, 0.29) is 0 Å². The highest BCUT2D eigenvalue weighted by Crippen LogP contribution is 2.30. The van der Waals surface area contributed by atoms with Crippen molar-refractivity contribution in [1.82, 2.24) is 15.2 Å². The Morgan fingerprint density at radius 2 is 2.05 bits per heavy atom. The van der Waals surface area contributed by atoms with E-state index < -0.39 is 0 Å². The smallest absolute Gasteiger partial charge is 0.149 e. The monoisotopic (exact) mass is 252 g/mol. The molecular formula is C15H16N4. The van der Waals surface area contributed by atoms with Crippen LogP contribution >= 0.6 is 0 Å². The third-order valence-electron chi connectivity index (χ3n) is 3.30. The predicted octanol–water partition coefficient (Wildman–Crippen LogP) is 3.16. The first-order valence-electron chi connectivity index (χ1n) is 6.48. The lowest BCUT2D eigenvalue weighted by atomic mass is 10.0. The van der Waals surface area contributed by atoms with Crippen LogP contribution in [0.1, 0.15) is 18.9 Å². The molecule has 0 amide bonds. The average molecular weight is 252 g/mol. The number of benzene rings is 1. The van der Waals surface area contributed by atoms with Gasteiger partial charge in [-0.3, -0.25) is 10.1 Å². The maximum atomic E-state index is 5.95. The van der Waals surface area contributed by atoms with Crippen molar-refractivity contribution in [2.75, 3.05) is 5.73 Å². The van der Waals surface area contributed by atoms with Crippen molar-refractivity contribution in [2.45, 2.75) is 19.8 Å². The van der Waals surface area contributed by atoms with Crippen LogP contribution in [0, 0.1) is 0 Å². The molecule has 0 saturated carbocycles. The van der Waals surface area contributed by atoms with E-state index in [2.05, 4.69) is 40.3 Å². The summed E-state index contributed by atoms with van der Waals surface area (Å²) < 4.78 is 0. The SMILES string of the molecule is CCCc1c(N)n[nH]c1-c1cccc2cccnc12. The van der Waals surface area contributed by atoms with Gasteiger partial charge < -0.3 is 5.73 Å². The van der Waals surface area contributed by atoms with Crippen LogP contribution in [0.25, 0.3) is 22.2 Å². The van der Waals surface area contributed by atoms with E-state index in [1.54, 1.807) is 0 Å². The number of pyridine rings is 1. The summed E-state index contributed by atoms with van der Waals surface area (Å²) in [5.74, 6) is 0.588. The van der Waals surface area contributed by atoms with Crippen molar-refractivity contribution < 1.29 is 0 Å². The number of nitrogen functional groups attached to an aromatic ring is 1. The van der Waals surface area contributed by atoms with E-state index in [4.69, 9.17) is 5.73 Å². The predicted molar refractivity (Wildman–Crippen MR) is 77.7 cm³/mol. The number of H-pyrrole nitrogens is 1. The number of hydrogen-bond acceptors (Lipinski definition) is 3. The molecule has 2 aromatic heterocycles. The van der Waals surface area contributed by atoms with Crippen LogP contribution in [0.4, 0.5) is 5.82 Å². The molecule has 4 nitrogen and oxygen atoms in total. The van der Waals surface area contributed by atoms with E-state index in [0.717, 1.165) is 40.6 Å². The Hall–Kier alpha value is -2.36. The minimum atomic E-state index is 0.588. The molecule has 3 rings (SSSR count). The molecule has 19 heavy (non-hydrogen) atoms. The number of rotatable bonds is 3. The van der Waals surface area contributed by atoms with Crippen molar-refractivity contribution in [3.8, 4) is 11.3 Å². The molecular weight excluding hydrogens is 236 g/mol. The molecule has 0 radical (unpaired) electrons. The van der Waals surface area contributed by atoms with Crippen LogP contribution < -0.4 is 5.73 Å². The molecule has 0 aliphatic carbocycles. The van der Waals surface area contributed by atoms with E-state index in [1.807, 2.05) is 18.3 Å². The molecule has 0 fully saturated rings. The Morgan fingerprint density at radius 3 is 2.89 bits per heavy atom. The largest absolute Gasteiger partial charge is 0.382 e. The van der Waals surface area contributed by atoms with Crippen molar-refractivity contribution in [1.29, 1.82) is 0 Å². The van der Waals surface area contributed by atoms with E-state index in [9.17, 15) is 0 Å². The minimum absolute atomic E-state index is 0.588. The third kappa shape index (κ3) is 1.95. The quantitative estimate of drug-likeness (QED) is 0.752. The minimum Gasteiger partial charge on any atom is -0.382 e. The Balaban J connectivity index is 2.25. The fourth-order valence-electron chi connectivity index (χ4n) is 2.41. The van der Waals surface area contributed by atoms with Gasteiger partial charge in [-0.25, -0.2) is 0 Å². The molecule has 1 aromatic carbocycles. The number of aromatic nitrogens is 3. The van der Waals surface area contributed by atoms with Gasteiger partial charge in [-0.15, -0.1) is 0 Å². The summed E-state index contributed by atoms with van der Waals surface area (Å²) in [6, 6.07) is 10.2. The van der Waals surface area contributed by atoms with Crippen LogP contribution in [-0.2, 0) is 6.42 Å². The standard InChI is InChI=1S/C15H16N4/c1-2-5-12-14(18-19-15(12)16)11-8-3-6-10-7-4-9-17-13(10)11/h3-4,6-9H,2,5H2,1H3,(H3,16,18,19). The van der Waals surface area contributed by atoms with Crippen molar-refractivity contribution >= 4 is 16.7 Å². The van der Waals surface area contributed by atoms with Gasteiger partial charge in [0.1, 0.15) is 5.82 Å². The zero-order chi connectivity index (χ0) is 13.2. The molecule has 4 heteroatoms. The molecule has 2 heterocycles. The van der Waals surface area contributed by atoms with Crippen LogP contribution in [0.15, 0.2) is 36.5 Å². The number of fused-ring (bicyclic) bond motifs is 1. The topological polar surface area (TPSA) is 67.6 Å². The highest BCUT2D eigenvalue weighted by Gasteiger charge is 2.14. The first-order chi connectivity index (χ1) is 9.31. The fourth-order valence-corrected chi connectivity index (χ4v) is 2.41. The van der Waals surface area contributed by atoms with E-state index >= 15 is 0 Å². The fraction of sp³-hybridized carbons (Fsp3) is 0.200. The summed E-state index contributed by atoms with van der Waals surface area (Å²) in [6.45, 7) is 2.14. The van der Waals surface area contributed by atoms with Gasteiger partial charge in [-0.05, 0) is 12.5 Å². The summed E-state index contributed by atoms with van der Waals surface area (Å²) in [4.78, 5) is 4.48. The lowest BCUT2D eigenvalue weighted by Crippen LogP contribution is -1.93. The van der Waals surface area contributed by atoms with Gasteiger partial charge in [0.05, 0.1) is 11.2 Å². The lowest BCUT2D eigenvalue weighted by Gasteiger charge is -2.06. The molecule has 0 unspecified atom stereocenters. The zero-order valence-corrected chi connectivity index (χ0v) is 10.9. The molecule has 3 N–H and O–H groups in total. The van der Waals surface area contributed by atoms with Crippen LogP contribution in [0.2, 0.25) is 0 Å². The molecule has 0 spiro atoms. The van der Waals surface area contributed by atoms with Gasteiger partial charge in [0, 0.05) is 22.7 Å². The molecule has 96 valence electrons. The average Bonchev–Trinajstić information content (AvgIpc) is 2.80. The Bertz CT molecular complexity index is 710. The van der Waals surface area contributed by atoms with E-state index in [1.165, 1.54) is 0 Å². The van der Waals surface area contributed by atoms with Gasteiger partial charge in [0.25, 0.3) is 0 Å². The maximum Gasteiger partial charge on any atom is 0.149 e. The normalized spacial score (nSPS) is 11.0. The van der Waals surface area contributed by atoms with E-state index in [0.29, 0.717) is 5.82 Å². The molecule has 0 bridgehead atoms. The van der Waals surface area contributed by atoms with Gasteiger partial charge in [0.2, 0.25) is 0 Å². The third-order valence-corrected chi connectivity index (χ3v) is 3.30. The second-order valence-corrected chi connectivity index (χ2v) is 4.59. The van der Waals surface area contributed by atoms with Crippen LogP contribution in [0.5, 0.6) is 0 Å². The Morgan fingerprint density at radius 1 is 1.21 bits per heavy atom. The summed E-state index contributed by atoms with van der Waals surface area (Å²) in [5, 5.41) is 8.32. The molecule has 0 saturated heterocycles. The summed E-state index contributed by atoms with van der Waals surface area (Å²) in [7, 11) is 0. The maximum absolute atomic E-state index is 5.95. The highest BCUT2D eigenvalue weighted by molar-refractivity contribution is 5.93. The number of anilines is 1. The van der Waals surface area contributed by atoms with Crippen LogP contribution in [-0.4, -0.2) is 15.2 Å². The summed E-state index contributed by atoms with van der Waals surface area (Å²) in [6.07, 6.45) is 3.76. The first kappa shape index (κ1) is 11.7. The van der Waals surface area contributed by atoms with Crippen LogP contribution in [0.3, 0.4) is 0 Å². The number of nitrogens with two attached hydrogens (primary N) is 1. The Kier molecular flexibility index (Phi) is 2.91. The van der Waals surface area contributed by atoms with Gasteiger partial charge in [0.15, 0.2) is 0 Å². The summed E-state index contributed by atoms with van der Waals surface area (Å²) >= 11 is 0.